The highest BCUT2D eigenvalue weighted by Crippen LogP contribution is 2.48. The molecule has 0 aromatic rings. The molecule has 2 unspecified atom stereocenters. The third-order valence-corrected chi connectivity index (χ3v) is 6.61. The predicted octanol–water partition coefficient (Wildman–Crippen LogP) is 1.46. The molecule has 0 heterocycles. The molecule has 0 saturated heterocycles. The second-order valence-corrected chi connectivity index (χ2v) is 8.47. The minimum atomic E-state index is -3.16. The Morgan fingerprint density at radius 1 is 1.20 bits per heavy atom. The van der Waals surface area contributed by atoms with Crippen molar-refractivity contribution in [3.05, 3.63) is 0 Å². The van der Waals surface area contributed by atoms with Crippen LogP contribution in [0.2, 0.25) is 0 Å². The van der Waals surface area contributed by atoms with Crippen molar-refractivity contribution in [1.82, 2.24) is 15.4 Å². The molecule has 8 heteroatoms. The Morgan fingerprint density at radius 3 is 2.40 bits per heavy atom. The maximum atomic E-state index is 11.5. The largest absolute Gasteiger partial charge is 0.378 e. The van der Waals surface area contributed by atoms with Crippen molar-refractivity contribution in [2.75, 3.05) is 32.0 Å². The minimum absolute atomic E-state index is 0.0887. The molecule has 0 amide bonds. The first kappa shape index (κ1) is 22.2. The van der Waals surface area contributed by atoms with E-state index in [4.69, 9.17) is 4.74 Å². The molecule has 2 atom stereocenters. The second-order valence-electron chi connectivity index (χ2n) is 6.38. The number of aliphatic imine (C=N–C) groups is 1. The smallest absolute Gasteiger partial charge is 0.211 e. The van der Waals surface area contributed by atoms with E-state index in [1.165, 1.54) is 0 Å². The summed E-state index contributed by atoms with van der Waals surface area (Å²) in [5.74, 6) is 0.829. The van der Waals surface area contributed by atoms with Crippen LogP contribution in [0.3, 0.4) is 0 Å². The average Bonchev–Trinajstić information content (AvgIpc) is 2.59. The number of sulfonamides is 1. The molecule has 0 aliphatic heterocycles. The summed E-state index contributed by atoms with van der Waals surface area (Å²) in [6, 6.07) is 0.323. The zero-order chi connectivity index (χ0) is 18.9. The van der Waals surface area contributed by atoms with E-state index in [-0.39, 0.29) is 11.2 Å². The zero-order valence-electron chi connectivity index (χ0n) is 16.4. The molecule has 25 heavy (non-hydrogen) atoms. The van der Waals surface area contributed by atoms with Gasteiger partial charge in [0.2, 0.25) is 10.0 Å². The summed E-state index contributed by atoms with van der Waals surface area (Å²) in [7, 11) is -3.16. The van der Waals surface area contributed by atoms with Crippen LogP contribution < -0.4 is 15.4 Å². The van der Waals surface area contributed by atoms with Crippen LogP contribution in [-0.4, -0.2) is 58.5 Å². The summed E-state index contributed by atoms with van der Waals surface area (Å²) in [5, 5.41) is 6.78. The lowest BCUT2D eigenvalue weighted by molar-refractivity contribution is -0.133. The fourth-order valence-electron chi connectivity index (χ4n) is 3.54. The maximum absolute atomic E-state index is 11.5. The van der Waals surface area contributed by atoms with Gasteiger partial charge < -0.3 is 15.4 Å². The highest BCUT2D eigenvalue weighted by Gasteiger charge is 2.53. The Kier molecular flexibility index (Phi) is 9.16. The van der Waals surface area contributed by atoms with Crippen molar-refractivity contribution in [1.29, 1.82) is 0 Å². The maximum Gasteiger partial charge on any atom is 0.211 e. The molecular formula is C17H36N4O3S. The molecule has 3 N–H and O–H groups in total. The topological polar surface area (TPSA) is 91.8 Å². The van der Waals surface area contributed by atoms with Crippen molar-refractivity contribution < 1.29 is 13.2 Å². The standard InChI is InChI=1S/C17H36N4O3S/c1-6-17(7-2)14(13-15(17)24-9-4)21-16(18-8-3)19-11-12-20-25(22,23)10-5/h14-15,20H,6-13H2,1-5H3,(H2,18,19,21). The first-order chi connectivity index (χ1) is 11.9. The zero-order valence-corrected chi connectivity index (χ0v) is 17.2. The van der Waals surface area contributed by atoms with Gasteiger partial charge in [0, 0.05) is 31.2 Å². The van der Waals surface area contributed by atoms with Gasteiger partial charge in [-0.3, -0.25) is 4.99 Å². The van der Waals surface area contributed by atoms with Crippen molar-refractivity contribution in [3.8, 4) is 0 Å². The second kappa shape index (κ2) is 10.3. The summed E-state index contributed by atoms with van der Waals surface area (Å²) in [6.07, 6.45) is 3.38. The highest BCUT2D eigenvalue weighted by atomic mass is 32.2. The van der Waals surface area contributed by atoms with Gasteiger partial charge in [0.15, 0.2) is 5.96 Å². The van der Waals surface area contributed by atoms with E-state index in [2.05, 4.69) is 34.2 Å². The van der Waals surface area contributed by atoms with Gasteiger partial charge in [-0.2, -0.15) is 0 Å². The molecule has 1 fully saturated rings. The number of nitrogens with zero attached hydrogens (tertiary/aromatic N) is 1. The number of rotatable bonds is 11. The lowest BCUT2D eigenvalue weighted by Crippen LogP contribution is -2.65. The summed E-state index contributed by atoms with van der Waals surface area (Å²) >= 11 is 0. The molecule has 0 bridgehead atoms. The fraction of sp³-hybridized carbons (Fsp3) is 0.941. The Labute approximate surface area is 153 Å². The van der Waals surface area contributed by atoms with E-state index >= 15 is 0 Å². The average molecular weight is 377 g/mol. The van der Waals surface area contributed by atoms with Gasteiger partial charge in [0.1, 0.15) is 0 Å². The first-order valence-electron chi connectivity index (χ1n) is 9.52. The molecule has 0 spiro atoms. The van der Waals surface area contributed by atoms with E-state index in [9.17, 15) is 8.42 Å². The first-order valence-corrected chi connectivity index (χ1v) is 11.2. The van der Waals surface area contributed by atoms with Crippen LogP contribution in [0, 0.1) is 5.41 Å². The number of nitrogens with one attached hydrogen (secondary N) is 3. The van der Waals surface area contributed by atoms with Crippen LogP contribution in [0.15, 0.2) is 4.99 Å². The minimum Gasteiger partial charge on any atom is -0.378 e. The van der Waals surface area contributed by atoms with Gasteiger partial charge >= 0.3 is 0 Å². The quantitative estimate of drug-likeness (QED) is 0.288. The van der Waals surface area contributed by atoms with Gasteiger partial charge in [-0.1, -0.05) is 13.8 Å². The molecule has 0 aromatic heterocycles. The van der Waals surface area contributed by atoms with E-state index in [0.29, 0.717) is 25.2 Å². The molecule has 7 nitrogen and oxygen atoms in total. The monoisotopic (exact) mass is 376 g/mol. The molecule has 1 aliphatic carbocycles. The van der Waals surface area contributed by atoms with Crippen LogP contribution in [-0.2, 0) is 14.8 Å². The molecule has 148 valence electrons. The van der Waals surface area contributed by atoms with E-state index in [1.54, 1.807) is 6.92 Å². The number of ether oxygens (including phenoxy) is 1. The SMILES string of the molecule is CCNC(=NCCNS(=O)(=O)CC)NC1CC(OCC)C1(CC)CC. The molecule has 1 rings (SSSR count). The van der Waals surface area contributed by atoms with E-state index in [1.807, 2.05) is 13.8 Å². The van der Waals surface area contributed by atoms with Gasteiger partial charge in [0.25, 0.3) is 0 Å². The summed E-state index contributed by atoms with van der Waals surface area (Å²) in [5.41, 5.74) is 0.135. The number of guanidine groups is 1. The molecule has 1 aliphatic rings. The highest BCUT2D eigenvalue weighted by molar-refractivity contribution is 7.89. The molecule has 0 radical (unpaired) electrons. The van der Waals surface area contributed by atoms with Gasteiger partial charge in [-0.05, 0) is 40.0 Å². The van der Waals surface area contributed by atoms with Crippen molar-refractivity contribution >= 4 is 16.0 Å². The summed E-state index contributed by atoms with van der Waals surface area (Å²) < 4.78 is 31.4. The van der Waals surface area contributed by atoms with E-state index < -0.39 is 10.0 Å². The number of hydrogen-bond acceptors (Lipinski definition) is 4. The Bertz CT molecular complexity index is 518. The van der Waals surface area contributed by atoms with Crippen LogP contribution in [0.5, 0.6) is 0 Å². The summed E-state index contributed by atoms with van der Waals surface area (Å²) in [4.78, 5) is 4.50. The Hall–Kier alpha value is -0.860. The van der Waals surface area contributed by atoms with Crippen LogP contribution in [0.1, 0.15) is 53.9 Å². The van der Waals surface area contributed by atoms with Crippen molar-refractivity contribution in [3.63, 3.8) is 0 Å². The van der Waals surface area contributed by atoms with Crippen LogP contribution in [0.4, 0.5) is 0 Å². The van der Waals surface area contributed by atoms with Gasteiger partial charge in [-0.15, -0.1) is 0 Å². The lowest BCUT2D eigenvalue weighted by Gasteiger charge is -2.55. The fourth-order valence-corrected chi connectivity index (χ4v) is 4.15. The molecular weight excluding hydrogens is 340 g/mol. The van der Waals surface area contributed by atoms with Gasteiger partial charge in [0.05, 0.1) is 18.4 Å². The lowest BCUT2D eigenvalue weighted by atomic mass is 9.58. The van der Waals surface area contributed by atoms with Gasteiger partial charge in [-0.25, -0.2) is 13.1 Å². The van der Waals surface area contributed by atoms with Crippen molar-refractivity contribution in [2.45, 2.75) is 66.0 Å². The Balaban J connectivity index is 2.66. The molecule has 1 saturated carbocycles. The normalized spacial score (nSPS) is 23.2. The Morgan fingerprint density at radius 2 is 1.88 bits per heavy atom. The van der Waals surface area contributed by atoms with E-state index in [0.717, 1.165) is 38.4 Å². The van der Waals surface area contributed by atoms with Crippen molar-refractivity contribution in [2.24, 2.45) is 10.4 Å². The third kappa shape index (κ3) is 5.82. The molecule has 0 aromatic carbocycles. The predicted molar refractivity (Wildman–Crippen MR) is 103 cm³/mol. The third-order valence-electron chi connectivity index (χ3n) is 5.21. The number of hydrogen-bond donors (Lipinski definition) is 3. The summed E-state index contributed by atoms with van der Waals surface area (Å²) in [6.45, 7) is 12.3. The van der Waals surface area contributed by atoms with Crippen LogP contribution in [0.25, 0.3) is 0 Å². The van der Waals surface area contributed by atoms with Crippen LogP contribution >= 0.6 is 0 Å².